The number of hydrogen-bond donors (Lipinski definition) is 0. The van der Waals surface area contributed by atoms with E-state index in [1.165, 1.54) is 6.42 Å². The number of rotatable bonds is 8. The number of nitrogens with zero attached hydrogens (tertiary/aromatic N) is 2. The van der Waals surface area contributed by atoms with Gasteiger partial charge in [0.2, 0.25) is 0 Å². The second kappa shape index (κ2) is 7.37. The van der Waals surface area contributed by atoms with Crippen molar-refractivity contribution >= 4 is 5.78 Å². The predicted molar refractivity (Wildman–Crippen MR) is 76.0 cm³/mol. The fourth-order valence-electron chi connectivity index (χ4n) is 2.02. The Hall–Kier alpha value is -1.09. The van der Waals surface area contributed by atoms with Crippen LogP contribution >= 0.6 is 0 Å². The molecule has 0 aromatic carbocycles. The van der Waals surface area contributed by atoms with E-state index in [0.29, 0.717) is 12.6 Å². The molecule has 18 heavy (non-hydrogen) atoms. The third kappa shape index (κ3) is 4.30. The van der Waals surface area contributed by atoms with E-state index < -0.39 is 0 Å². The molecule has 0 amide bonds. The van der Waals surface area contributed by atoms with Crippen molar-refractivity contribution in [1.82, 2.24) is 9.47 Å². The summed E-state index contributed by atoms with van der Waals surface area (Å²) < 4.78 is 1.92. The van der Waals surface area contributed by atoms with Crippen LogP contribution in [0.1, 0.15) is 50.4 Å². The highest BCUT2D eigenvalue weighted by molar-refractivity contribution is 5.97. The molecule has 1 rings (SSSR count). The molecule has 1 atom stereocenters. The minimum absolute atomic E-state index is 0.229. The number of carbonyl (C=O) groups is 1. The van der Waals surface area contributed by atoms with Gasteiger partial charge in [-0.05, 0) is 32.4 Å². The Morgan fingerprint density at radius 2 is 2.17 bits per heavy atom. The number of hydrogen-bond acceptors (Lipinski definition) is 2. The lowest BCUT2D eigenvalue weighted by molar-refractivity contribution is 0.0894. The van der Waals surface area contributed by atoms with Crippen LogP contribution in [0.5, 0.6) is 0 Å². The molecular weight excluding hydrogens is 224 g/mol. The Labute approximate surface area is 111 Å². The van der Waals surface area contributed by atoms with Gasteiger partial charge < -0.3 is 4.57 Å². The van der Waals surface area contributed by atoms with Gasteiger partial charge in [-0.2, -0.15) is 0 Å². The number of carbonyl (C=O) groups excluding carboxylic acids is 1. The summed E-state index contributed by atoms with van der Waals surface area (Å²) in [6, 6.07) is 2.38. The van der Waals surface area contributed by atoms with Crippen molar-refractivity contribution in [2.24, 2.45) is 7.05 Å². The van der Waals surface area contributed by atoms with Crippen molar-refractivity contribution < 1.29 is 4.79 Å². The first-order valence-corrected chi connectivity index (χ1v) is 6.97. The molecule has 0 saturated carbocycles. The monoisotopic (exact) mass is 250 g/mol. The van der Waals surface area contributed by atoms with Crippen LogP contribution in [0.2, 0.25) is 0 Å². The molecule has 0 aliphatic heterocycles. The molecule has 1 heterocycles. The van der Waals surface area contributed by atoms with Crippen molar-refractivity contribution in [1.29, 1.82) is 0 Å². The minimum Gasteiger partial charge on any atom is -0.357 e. The van der Waals surface area contributed by atoms with Crippen LogP contribution in [0, 0.1) is 0 Å². The molecule has 1 aromatic heterocycles. The summed E-state index contributed by atoms with van der Waals surface area (Å²) in [5.41, 5.74) is 0.822. The summed E-state index contributed by atoms with van der Waals surface area (Å²) in [5.74, 6) is 0.229. The predicted octanol–water partition coefficient (Wildman–Crippen LogP) is 3.11. The highest BCUT2D eigenvalue weighted by Gasteiger charge is 2.16. The van der Waals surface area contributed by atoms with E-state index >= 15 is 0 Å². The number of aromatic nitrogens is 1. The zero-order valence-corrected chi connectivity index (χ0v) is 12.1. The quantitative estimate of drug-likeness (QED) is 0.662. The Bertz CT molecular complexity index is 370. The Kier molecular flexibility index (Phi) is 6.13. The molecule has 0 aliphatic carbocycles. The number of aryl methyl sites for hydroxylation is 1. The van der Waals surface area contributed by atoms with Crippen molar-refractivity contribution in [2.75, 3.05) is 13.1 Å². The molecular formula is C15H26N2O. The average molecular weight is 250 g/mol. The molecule has 0 bridgehead atoms. The first-order chi connectivity index (χ1) is 8.58. The molecule has 1 aromatic rings. The van der Waals surface area contributed by atoms with E-state index in [-0.39, 0.29) is 5.78 Å². The Morgan fingerprint density at radius 1 is 1.44 bits per heavy atom. The standard InChI is InChI=1S/C15H26N2O/c1-5-7-9-17(13(3)6-2)12-15(18)14-8-10-16(4)11-14/h8,10-11,13H,5-7,9,12H2,1-4H3. The lowest BCUT2D eigenvalue weighted by atomic mass is 10.1. The van der Waals surface area contributed by atoms with Crippen LogP contribution in [0.15, 0.2) is 18.5 Å². The van der Waals surface area contributed by atoms with Crippen molar-refractivity contribution in [3.8, 4) is 0 Å². The Morgan fingerprint density at radius 3 is 2.67 bits per heavy atom. The third-order valence-corrected chi connectivity index (χ3v) is 3.51. The molecule has 1 unspecified atom stereocenters. The normalized spacial score (nSPS) is 12.9. The van der Waals surface area contributed by atoms with Crippen molar-refractivity contribution in [3.63, 3.8) is 0 Å². The van der Waals surface area contributed by atoms with Crippen LogP contribution in [0.3, 0.4) is 0 Å². The van der Waals surface area contributed by atoms with Gasteiger partial charge in [0.05, 0.1) is 6.54 Å². The summed E-state index contributed by atoms with van der Waals surface area (Å²) in [6.45, 7) is 8.13. The van der Waals surface area contributed by atoms with Crippen LogP contribution < -0.4 is 0 Å². The van der Waals surface area contributed by atoms with Crippen LogP contribution in [0.4, 0.5) is 0 Å². The fraction of sp³-hybridized carbons (Fsp3) is 0.667. The second-order valence-electron chi connectivity index (χ2n) is 5.07. The van der Waals surface area contributed by atoms with Gasteiger partial charge >= 0.3 is 0 Å². The second-order valence-corrected chi connectivity index (χ2v) is 5.07. The first-order valence-electron chi connectivity index (χ1n) is 6.97. The summed E-state index contributed by atoms with van der Waals surface area (Å²) in [7, 11) is 1.94. The lowest BCUT2D eigenvalue weighted by Crippen LogP contribution is -2.37. The van der Waals surface area contributed by atoms with Gasteiger partial charge in [-0.1, -0.05) is 20.3 Å². The molecule has 3 nitrogen and oxygen atoms in total. The van der Waals surface area contributed by atoms with Gasteiger partial charge in [0, 0.05) is 31.0 Å². The van der Waals surface area contributed by atoms with E-state index in [1.54, 1.807) is 0 Å². The topological polar surface area (TPSA) is 25.2 Å². The third-order valence-electron chi connectivity index (χ3n) is 3.51. The molecule has 0 spiro atoms. The van der Waals surface area contributed by atoms with Gasteiger partial charge in [-0.15, -0.1) is 0 Å². The maximum absolute atomic E-state index is 12.2. The lowest BCUT2D eigenvalue weighted by Gasteiger charge is -2.27. The van der Waals surface area contributed by atoms with Gasteiger partial charge in [0.15, 0.2) is 5.78 Å². The minimum atomic E-state index is 0.229. The smallest absolute Gasteiger partial charge is 0.178 e. The largest absolute Gasteiger partial charge is 0.357 e. The first kappa shape index (κ1) is 15.0. The highest BCUT2D eigenvalue weighted by Crippen LogP contribution is 2.09. The maximum atomic E-state index is 12.2. The molecule has 0 aliphatic rings. The molecule has 0 fully saturated rings. The molecule has 0 radical (unpaired) electrons. The van der Waals surface area contributed by atoms with E-state index in [0.717, 1.165) is 24.9 Å². The summed E-state index contributed by atoms with van der Waals surface area (Å²) in [5, 5.41) is 0. The summed E-state index contributed by atoms with van der Waals surface area (Å²) >= 11 is 0. The number of ketones is 1. The van der Waals surface area contributed by atoms with E-state index in [1.807, 2.05) is 30.1 Å². The SMILES string of the molecule is CCCCN(CC(=O)c1ccn(C)c1)C(C)CC. The summed E-state index contributed by atoms with van der Waals surface area (Å²) in [4.78, 5) is 14.5. The van der Waals surface area contributed by atoms with E-state index in [2.05, 4.69) is 25.7 Å². The van der Waals surface area contributed by atoms with Gasteiger partial charge in [-0.25, -0.2) is 0 Å². The van der Waals surface area contributed by atoms with Crippen molar-refractivity contribution in [3.05, 3.63) is 24.0 Å². The highest BCUT2D eigenvalue weighted by atomic mass is 16.1. The molecule has 3 heteroatoms. The number of Topliss-reactive ketones (excluding diaryl/α,β-unsaturated/α-hetero) is 1. The van der Waals surface area contributed by atoms with Gasteiger partial charge in [-0.3, -0.25) is 9.69 Å². The average Bonchev–Trinajstić information content (AvgIpc) is 2.80. The molecule has 102 valence electrons. The molecule has 0 N–H and O–H groups in total. The van der Waals surface area contributed by atoms with Crippen molar-refractivity contribution in [2.45, 2.75) is 46.1 Å². The van der Waals surface area contributed by atoms with Crippen LogP contribution in [-0.2, 0) is 7.05 Å². The zero-order valence-electron chi connectivity index (χ0n) is 12.1. The maximum Gasteiger partial charge on any atom is 0.178 e. The number of unbranched alkanes of at least 4 members (excludes halogenated alkanes) is 1. The van der Waals surface area contributed by atoms with Crippen LogP contribution in [0.25, 0.3) is 0 Å². The van der Waals surface area contributed by atoms with Crippen LogP contribution in [-0.4, -0.2) is 34.4 Å². The summed E-state index contributed by atoms with van der Waals surface area (Å²) in [6.07, 6.45) is 7.24. The fourth-order valence-corrected chi connectivity index (χ4v) is 2.02. The van der Waals surface area contributed by atoms with E-state index in [9.17, 15) is 4.79 Å². The molecule has 0 saturated heterocycles. The Balaban J connectivity index is 2.61. The van der Waals surface area contributed by atoms with Gasteiger partial charge in [0.1, 0.15) is 0 Å². The van der Waals surface area contributed by atoms with E-state index in [4.69, 9.17) is 0 Å². The van der Waals surface area contributed by atoms with Gasteiger partial charge in [0.25, 0.3) is 0 Å². The zero-order chi connectivity index (χ0) is 13.5.